The van der Waals surface area contributed by atoms with E-state index in [4.69, 9.17) is 4.74 Å². The quantitative estimate of drug-likeness (QED) is 0.840. The summed E-state index contributed by atoms with van der Waals surface area (Å²) in [6.45, 7) is 1.05. The molecule has 2 nitrogen and oxygen atoms in total. The zero-order valence-electron chi connectivity index (χ0n) is 11.0. The number of methoxy groups -OCH3 is 1. The molecule has 2 rings (SSSR count). The molecule has 0 radical (unpaired) electrons. The minimum atomic E-state index is 0.901. The zero-order chi connectivity index (χ0) is 12.8. The smallest absolute Gasteiger partial charge is 0.121 e. The second-order valence-corrected chi connectivity index (χ2v) is 5.92. The summed E-state index contributed by atoms with van der Waals surface area (Å²) in [5.74, 6) is 1.83. The van der Waals surface area contributed by atoms with Crippen LogP contribution in [-0.2, 0) is 0 Å². The lowest BCUT2D eigenvalue weighted by Crippen LogP contribution is -2.12. The van der Waals surface area contributed by atoms with Gasteiger partial charge in [-0.25, -0.2) is 0 Å². The predicted octanol–water partition coefficient (Wildman–Crippen LogP) is 4.84. The van der Waals surface area contributed by atoms with Gasteiger partial charge in [-0.15, -0.1) is 0 Å². The third kappa shape index (κ3) is 3.91. The highest BCUT2D eigenvalue weighted by Crippen LogP contribution is 2.29. The molecule has 1 saturated carbocycles. The Morgan fingerprint density at radius 1 is 1.28 bits per heavy atom. The average molecular weight is 312 g/mol. The van der Waals surface area contributed by atoms with Crippen LogP contribution in [0, 0.1) is 5.92 Å². The third-order valence-electron chi connectivity index (χ3n) is 3.77. The number of nitrogens with one attached hydrogen (secondary N) is 1. The van der Waals surface area contributed by atoms with Crippen LogP contribution in [0.4, 0.5) is 5.69 Å². The fourth-order valence-corrected chi connectivity index (χ4v) is 3.04. The van der Waals surface area contributed by atoms with E-state index in [9.17, 15) is 0 Å². The Morgan fingerprint density at radius 2 is 2.06 bits per heavy atom. The normalized spacial score (nSPS) is 16.6. The molecule has 1 aliphatic rings. The van der Waals surface area contributed by atoms with Crippen LogP contribution in [0.1, 0.15) is 38.5 Å². The van der Waals surface area contributed by atoms with Crippen molar-refractivity contribution in [2.24, 2.45) is 5.92 Å². The van der Waals surface area contributed by atoms with Crippen LogP contribution < -0.4 is 10.1 Å². The zero-order valence-corrected chi connectivity index (χ0v) is 12.6. The maximum absolute atomic E-state index is 5.25. The number of ether oxygens (including phenoxy) is 1. The molecule has 0 unspecified atom stereocenters. The van der Waals surface area contributed by atoms with E-state index in [2.05, 4.69) is 21.2 Å². The molecule has 0 saturated heterocycles. The lowest BCUT2D eigenvalue weighted by Gasteiger charge is -2.21. The van der Waals surface area contributed by atoms with Gasteiger partial charge in [-0.05, 0) is 40.4 Å². The summed E-state index contributed by atoms with van der Waals surface area (Å²) < 4.78 is 6.35. The largest absolute Gasteiger partial charge is 0.497 e. The molecular formula is C15H22BrNO. The van der Waals surface area contributed by atoms with Gasteiger partial charge in [-0.2, -0.15) is 0 Å². The fraction of sp³-hybridized carbons (Fsp3) is 0.600. The summed E-state index contributed by atoms with van der Waals surface area (Å²) in [5.41, 5.74) is 1.13. The Morgan fingerprint density at radius 3 is 2.78 bits per heavy atom. The second kappa shape index (κ2) is 7.03. The van der Waals surface area contributed by atoms with E-state index < -0.39 is 0 Å². The predicted molar refractivity (Wildman–Crippen MR) is 80.4 cm³/mol. The molecule has 3 heteroatoms. The van der Waals surface area contributed by atoms with Gasteiger partial charge >= 0.3 is 0 Å². The van der Waals surface area contributed by atoms with Crippen molar-refractivity contribution in [2.75, 3.05) is 19.0 Å². The molecular weight excluding hydrogens is 290 g/mol. The Hall–Kier alpha value is -0.700. The van der Waals surface area contributed by atoms with E-state index in [1.54, 1.807) is 7.11 Å². The third-order valence-corrected chi connectivity index (χ3v) is 4.46. The van der Waals surface area contributed by atoms with Gasteiger partial charge in [0.2, 0.25) is 0 Å². The molecule has 0 amide bonds. The minimum Gasteiger partial charge on any atom is -0.497 e. The Bertz CT molecular complexity index is 375. The topological polar surface area (TPSA) is 21.3 Å². The Balaban J connectivity index is 1.81. The van der Waals surface area contributed by atoms with Gasteiger partial charge in [0.15, 0.2) is 0 Å². The Labute approximate surface area is 118 Å². The van der Waals surface area contributed by atoms with Gasteiger partial charge in [0.05, 0.1) is 12.8 Å². The molecule has 0 aliphatic heterocycles. The van der Waals surface area contributed by atoms with Crippen molar-refractivity contribution in [1.29, 1.82) is 0 Å². The molecule has 0 aromatic heterocycles. The van der Waals surface area contributed by atoms with Crippen molar-refractivity contribution in [3.63, 3.8) is 0 Å². The first kappa shape index (κ1) is 13.7. The van der Waals surface area contributed by atoms with Gasteiger partial charge < -0.3 is 10.1 Å². The molecule has 1 N–H and O–H groups in total. The summed E-state index contributed by atoms with van der Waals surface area (Å²) in [6, 6.07) is 6.04. The highest BCUT2D eigenvalue weighted by molar-refractivity contribution is 9.10. The molecule has 1 aromatic carbocycles. The standard InChI is InChI=1S/C15H22BrNO/c1-18-13-7-8-14(16)15(11-13)17-10-9-12-5-3-2-4-6-12/h7-8,11-12,17H,2-6,9-10H2,1H3. The maximum Gasteiger partial charge on any atom is 0.121 e. The van der Waals surface area contributed by atoms with E-state index in [1.807, 2.05) is 18.2 Å². The SMILES string of the molecule is COc1ccc(Br)c(NCCC2CCCCC2)c1. The van der Waals surface area contributed by atoms with Crippen LogP contribution in [0.3, 0.4) is 0 Å². The van der Waals surface area contributed by atoms with E-state index in [1.165, 1.54) is 38.5 Å². The molecule has 0 heterocycles. The van der Waals surface area contributed by atoms with Crippen LogP contribution in [0.2, 0.25) is 0 Å². The lowest BCUT2D eigenvalue weighted by atomic mass is 9.87. The van der Waals surface area contributed by atoms with Gasteiger partial charge in [-0.3, -0.25) is 0 Å². The van der Waals surface area contributed by atoms with Crippen molar-refractivity contribution in [1.82, 2.24) is 0 Å². The average Bonchev–Trinajstić information content (AvgIpc) is 2.42. The fourth-order valence-electron chi connectivity index (χ4n) is 2.65. The van der Waals surface area contributed by atoms with E-state index in [-0.39, 0.29) is 0 Å². The van der Waals surface area contributed by atoms with Crippen LogP contribution in [0.5, 0.6) is 5.75 Å². The molecule has 1 aliphatic carbocycles. The number of anilines is 1. The summed E-state index contributed by atoms with van der Waals surface area (Å²) in [4.78, 5) is 0. The minimum absolute atomic E-state index is 0.901. The molecule has 1 aromatic rings. The lowest BCUT2D eigenvalue weighted by molar-refractivity contribution is 0.345. The van der Waals surface area contributed by atoms with Crippen molar-refractivity contribution >= 4 is 21.6 Å². The summed E-state index contributed by atoms with van der Waals surface area (Å²) in [7, 11) is 1.70. The number of halogens is 1. The number of hydrogen-bond donors (Lipinski definition) is 1. The highest BCUT2D eigenvalue weighted by atomic mass is 79.9. The molecule has 0 atom stereocenters. The highest BCUT2D eigenvalue weighted by Gasteiger charge is 2.12. The first-order valence-corrected chi connectivity index (χ1v) is 7.66. The first-order valence-electron chi connectivity index (χ1n) is 6.87. The van der Waals surface area contributed by atoms with Crippen molar-refractivity contribution in [3.05, 3.63) is 22.7 Å². The molecule has 1 fully saturated rings. The summed E-state index contributed by atoms with van der Waals surface area (Å²) >= 11 is 3.57. The van der Waals surface area contributed by atoms with Crippen molar-refractivity contribution in [2.45, 2.75) is 38.5 Å². The van der Waals surface area contributed by atoms with E-state index >= 15 is 0 Å². The molecule has 100 valence electrons. The monoisotopic (exact) mass is 311 g/mol. The molecule has 18 heavy (non-hydrogen) atoms. The summed E-state index contributed by atoms with van der Waals surface area (Å²) in [6.07, 6.45) is 8.40. The van der Waals surface area contributed by atoms with Gasteiger partial charge in [0.25, 0.3) is 0 Å². The van der Waals surface area contributed by atoms with Crippen molar-refractivity contribution in [3.8, 4) is 5.75 Å². The van der Waals surface area contributed by atoms with Crippen LogP contribution in [0.25, 0.3) is 0 Å². The molecule has 0 spiro atoms. The van der Waals surface area contributed by atoms with Crippen LogP contribution in [-0.4, -0.2) is 13.7 Å². The molecule has 0 bridgehead atoms. The van der Waals surface area contributed by atoms with Crippen LogP contribution in [0.15, 0.2) is 22.7 Å². The van der Waals surface area contributed by atoms with Crippen LogP contribution >= 0.6 is 15.9 Å². The number of rotatable bonds is 5. The van der Waals surface area contributed by atoms with Gasteiger partial charge in [0, 0.05) is 17.1 Å². The first-order chi connectivity index (χ1) is 8.79. The van der Waals surface area contributed by atoms with E-state index in [0.29, 0.717) is 0 Å². The number of benzene rings is 1. The summed E-state index contributed by atoms with van der Waals surface area (Å²) in [5, 5.41) is 3.51. The van der Waals surface area contributed by atoms with E-state index in [0.717, 1.165) is 28.4 Å². The Kier molecular flexibility index (Phi) is 5.36. The number of hydrogen-bond acceptors (Lipinski definition) is 2. The van der Waals surface area contributed by atoms with Gasteiger partial charge in [-0.1, -0.05) is 32.1 Å². The van der Waals surface area contributed by atoms with Crippen molar-refractivity contribution < 1.29 is 4.74 Å². The second-order valence-electron chi connectivity index (χ2n) is 5.07. The maximum atomic E-state index is 5.25. The van der Waals surface area contributed by atoms with Gasteiger partial charge in [0.1, 0.15) is 5.75 Å².